The Morgan fingerprint density at radius 2 is 1.70 bits per heavy atom. The van der Waals surface area contributed by atoms with Gasteiger partial charge in [0.2, 0.25) is 0 Å². The second-order valence-corrected chi connectivity index (χ2v) is 5.13. The Morgan fingerprint density at radius 1 is 1.15 bits per heavy atom. The number of hydrogen-bond donors (Lipinski definition) is 0. The van der Waals surface area contributed by atoms with Gasteiger partial charge in [0.05, 0.1) is 0 Å². The predicted molar refractivity (Wildman–Crippen MR) is 62.6 cm³/mol. The first kappa shape index (κ1) is 17.3. The molecule has 118 valence electrons. The Hall–Kier alpha value is -0.720. The van der Waals surface area contributed by atoms with Gasteiger partial charge in [0, 0.05) is 13.0 Å². The average molecular weight is 302 g/mol. The molecule has 1 aliphatic carbocycles. The normalized spacial score (nSPS) is 19.9. The summed E-state index contributed by atoms with van der Waals surface area (Å²) in [7, 11) is 0. The van der Waals surface area contributed by atoms with Crippen molar-refractivity contribution < 1.29 is 31.5 Å². The summed E-state index contributed by atoms with van der Waals surface area (Å²) in [6.45, 7) is 0.917. The summed E-state index contributed by atoms with van der Waals surface area (Å²) in [5.41, 5.74) is 0. The molecule has 1 saturated carbocycles. The van der Waals surface area contributed by atoms with Gasteiger partial charge in [-0.3, -0.25) is 4.79 Å². The molecule has 0 bridgehead atoms. The van der Waals surface area contributed by atoms with Gasteiger partial charge in [0.15, 0.2) is 11.9 Å². The predicted octanol–water partition coefficient (Wildman–Crippen LogP) is 4.13. The topological polar surface area (TPSA) is 26.3 Å². The Balaban J connectivity index is 2.76. The van der Waals surface area contributed by atoms with Crippen LogP contribution in [0.4, 0.5) is 22.0 Å². The fraction of sp³-hybridized carbons (Fsp3) is 0.923. The molecule has 0 saturated heterocycles. The van der Waals surface area contributed by atoms with Crippen LogP contribution in [0, 0.1) is 5.92 Å². The van der Waals surface area contributed by atoms with Crippen LogP contribution in [0.3, 0.4) is 0 Å². The number of halogens is 5. The molecule has 1 atom stereocenters. The van der Waals surface area contributed by atoms with Crippen LogP contribution >= 0.6 is 0 Å². The van der Waals surface area contributed by atoms with Crippen molar-refractivity contribution in [2.24, 2.45) is 5.92 Å². The molecule has 0 spiro atoms. The SMILES string of the molecule is CCOC(C(=O)CC1CCCCC1)C(F)(F)C(F)(F)F. The lowest BCUT2D eigenvalue weighted by Crippen LogP contribution is -2.52. The number of ether oxygens (including phenoxy) is 1. The molecule has 0 amide bonds. The van der Waals surface area contributed by atoms with E-state index in [1.807, 2.05) is 0 Å². The molecule has 0 heterocycles. The number of carbonyl (C=O) groups is 1. The van der Waals surface area contributed by atoms with Crippen LogP contribution in [0.1, 0.15) is 45.4 Å². The average Bonchev–Trinajstić information content (AvgIpc) is 2.35. The van der Waals surface area contributed by atoms with Gasteiger partial charge >= 0.3 is 12.1 Å². The van der Waals surface area contributed by atoms with Crippen LogP contribution in [0.15, 0.2) is 0 Å². The van der Waals surface area contributed by atoms with Crippen LogP contribution in [0.2, 0.25) is 0 Å². The molecule has 0 aromatic rings. The number of rotatable bonds is 6. The Morgan fingerprint density at radius 3 is 2.15 bits per heavy atom. The first-order valence-corrected chi connectivity index (χ1v) is 6.79. The maximum absolute atomic E-state index is 13.3. The minimum absolute atomic E-state index is 0.108. The molecule has 7 heteroatoms. The van der Waals surface area contributed by atoms with E-state index in [1.165, 1.54) is 6.92 Å². The van der Waals surface area contributed by atoms with Crippen molar-refractivity contribution in [1.82, 2.24) is 0 Å². The van der Waals surface area contributed by atoms with E-state index in [-0.39, 0.29) is 18.9 Å². The number of alkyl halides is 5. The van der Waals surface area contributed by atoms with Crippen LogP contribution in [0.25, 0.3) is 0 Å². The van der Waals surface area contributed by atoms with Crippen molar-refractivity contribution in [2.45, 2.75) is 63.7 Å². The molecular formula is C13H19F5O2. The van der Waals surface area contributed by atoms with Gasteiger partial charge in [0.1, 0.15) is 0 Å². The fourth-order valence-electron chi connectivity index (χ4n) is 2.50. The Kier molecular flexibility index (Phi) is 5.91. The smallest absolute Gasteiger partial charge is 0.364 e. The zero-order valence-electron chi connectivity index (χ0n) is 11.3. The highest BCUT2D eigenvalue weighted by molar-refractivity contribution is 5.84. The molecule has 0 N–H and O–H groups in total. The summed E-state index contributed by atoms with van der Waals surface area (Å²) in [4.78, 5) is 11.8. The van der Waals surface area contributed by atoms with Crippen molar-refractivity contribution in [1.29, 1.82) is 0 Å². The largest absolute Gasteiger partial charge is 0.456 e. The summed E-state index contributed by atoms with van der Waals surface area (Å²) >= 11 is 0. The molecule has 1 fully saturated rings. The summed E-state index contributed by atoms with van der Waals surface area (Å²) < 4.78 is 68.1. The summed E-state index contributed by atoms with van der Waals surface area (Å²) in [5.74, 6) is -6.40. The first-order chi connectivity index (χ1) is 9.20. The van der Waals surface area contributed by atoms with Crippen LogP contribution < -0.4 is 0 Å². The van der Waals surface area contributed by atoms with Crippen molar-refractivity contribution in [3.8, 4) is 0 Å². The lowest BCUT2D eigenvalue weighted by Gasteiger charge is -2.29. The van der Waals surface area contributed by atoms with Gasteiger partial charge in [-0.2, -0.15) is 22.0 Å². The Labute approximate surface area is 114 Å². The summed E-state index contributed by atoms with van der Waals surface area (Å²) in [6.07, 6.45) is -4.61. The second-order valence-electron chi connectivity index (χ2n) is 5.13. The van der Waals surface area contributed by atoms with Crippen LogP contribution in [0.5, 0.6) is 0 Å². The van der Waals surface area contributed by atoms with Gasteiger partial charge in [0.25, 0.3) is 0 Å². The van der Waals surface area contributed by atoms with Gasteiger partial charge in [-0.25, -0.2) is 0 Å². The molecule has 2 nitrogen and oxygen atoms in total. The maximum atomic E-state index is 13.3. The van der Waals surface area contributed by atoms with Gasteiger partial charge in [-0.1, -0.05) is 32.1 Å². The standard InChI is InChI=1S/C13H19F5O2/c1-2-20-11(12(14,15)13(16,17)18)10(19)8-9-6-4-3-5-7-9/h9,11H,2-8H2,1H3. The van der Waals surface area contributed by atoms with E-state index < -0.39 is 24.0 Å². The monoisotopic (exact) mass is 302 g/mol. The highest BCUT2D eigenvalue weighted by Gasteiger charge is 2.65. The zero-order chi connectivity index (χ0) is 15.4. The van der Waals surface area contributed by atoms with E-state index in [4.69, 9.17) is 0 Å². The van der Waals surface area contributed by atoms with E-state index in [9.17, 15) is 26.7 Å². The molecular weight excluding hydrogens is 283 g/mol. The number of ketones is 1. The van der Waals surface area contributed by atoms with E-state index >= 15 is 0 Å². The molecule has 1 unspecified atom stereocenters. The third-order valence-corrected chi connectivity index (χ3v) is 3.55. The zero-order valence-corrected chi connectivity index (χ0v) is 11.3. The maximum Gasteiger partial charge on any atom is 0.456 e. The van der Waals surface area contributed by atoms with Crippen molar-refractivity contribution in [3.63, 3.8) is 0 Å². The van der Waals surface area contributed by atoms with Crippen molar-refractivity contribution >= 4 is 5.78 Å². The Bertz CT molecular complexity index is 321. The van der Waals surface area contributed by atoms with Gasteiger partial charge < -0.3 is 4.74 Å². The van der Waals surface area contributed by atoms with E-state index in [1.54, 1.807) is 0 Å². The van der Waals surface area contributed by atoms with Gasteiger partial charge in [-0.05, 0) is 12.8 Å². The number of hydrogen-bond acceptors (Lipinski definition) is 2. The second kappa shape index (κ2) is 6.83. The van der Waals surface area contributed by atoms with Crippen molar-refractivity contribution in [3.05, 3.63) is 0 Å². The van der Waals surface area contributed by atoms with E-state index in [0.29, 0.717) is 12.8 Å². The van der Waals surface area contributed by atoms with E-state index in [2.05, 4.69) is 4.74 Å². The molecule has 0 aromatic heterocycles. The lowest BCUT2D eigenvalue weighted by molar-refractivity contribution is -0.312. The van der Waals surface area contributed by atoms with Crippen molar-refractivity contribution in [2.75, 3.05) is 6.61 Å². The number of carbonyl (C=O) groups excluding carboxylic acids is 1. The highest BCUT2D eigenvalue weighted by Crippen LogP contribution is 2.40. The molecule has 1 aliphatic rings. The third kappa shape index (κ3) is 4.14. The third-order valence-electron chi connectivity index (χ3n) is 3.55. The highest BCUT2D eigenvalue weighted by atomic mass is 19.4. The molecule has 0 radical (unpaired) electrons. The molecule has 20 heavy (non-hydrogen) atoms. The minimum atomic E-state index is -5.78. The van der Waals surface area contributed by atoms with Crippen LogP contribution in [-0.4, -0.2) is 30.6 Å². The quantitative estimate of drug-likeness (QED) is 0.690. The summed E-state index contributed by atoms with van der Waals surface area (Å²) in [6, 6.07) is 0. The van der Waals surface area contributed by atoms with E-state index in [0.717, 1.165) is 19.3 Å². The fourth-order valence-corrected chi connectivity index (χ4v) is 2.50. The molecule has 1 rings (SSSR count). The first-order valence-electron chi connectivity index (χ1n) is 6.79. The van der Waals surface area contributed by atoms with Crippen LogP contribution in [-0.2, 0) is 9.53 Å². The summed E-state index contributed by atoms with van der Waals surface area (Å²) in [5, 5.41) is 0. The number of Topliss-reactive ketones (excluding diaryl/α,β-unsaturated/α-hetero) is 1. The molecule has 0 aliphatic heterocycles. The lowest BCUT2D eigenvalue weighted by atomic mass is 9.84. The minimum Gasteiger partial charge on any atom is -0.364 e. The molecule has 0 aromatic carbocycles. The van der Waals surface area contributed by atoms with Gasteiger partial charge in [-0.15, -0.1) is 0 Å².